The number of fused-ring (bicyclic) bond motifs is 1. The summed E-state index contributed by atoms with van der Waals surface area (Å²) >= 11 is 0. The first kappa shape index (κ1) is 24.2. The van der Waals surface area contributed by atoms with E-state index in [9.17, 15) is 18.0 Å². The van der Waals surface area contributed by atoms with Crippen LogP contribution < -0.4 is 20.2 Å². The molecule has 1 amide bonds. The van der Waals surface area contributed by atoms with Crippen LogP contribution in [0.25, 0.3) is 22.3 Å². The number of benzene rings is 3. The van der Waals surface area contributed by atoms with Gasteiger partial charge >= 0.3 is 0 Å². The van der Waals surface area contributed by atoms with Gasteiger partial charge in [0.15, 0.2) is 11.0 Å². The molecule has 0 bridgehead atoms. The van der Waals surface area contributed by atoms with Crippen LogP contribution in [0.2, 0.25) is 0 Å². The Bertz CT molecular complexity index is 1530. The number of amides is 1. The minimum absolute atomic E-state index is 0.0246. The first-order chi connectivity index (χ1) is 16.8. The molecular formula is C26H24N2O6S. The predicted molar refractivity (Wildman–Crippen MR) is 133 cm³/mol. The van der Waals surface area contributed by atoms with Gasteiger partial charge in [0.1, 0.15) is 11.5 Å². The highest BCUT2D eigenvalue weighted by atomic mass is 32.2. The molecule has 1 aromatic heterocycles. The molecule has 4 aromatic rings. The largest absolute Gasteiger partial charge is 0.497 e. The minimum atomic E-state index is -3.75. The number of carbonyl (C=O) groups excluding carboxylic acids is 1. The van der Waals surface area contributed by atoms with Gasteiger partial charge in [-0.15, -0.1) is 0 Å². The fraction of sp³-hybridized carbons (Fsp3) is 0.154. The quantitative estimate of drug-likeness (QED) is 0.364. The molecule has 35 heavy (non-hydrogen) atoms. The molecule has 4 rings (SSSR count). The second-order valence-electron chi connectivity index (χ2n) is 7.76. The number of methoxy groups -OCH3 is 1. The number of sulfonamides is 1. The van der Waals surface area contributed by atoms with Gasteiger partial charge in [-0.3, -0.25) is 9.59 Å². The highest BCUT2D eigenvalue weighted by molar-refractivity contribution is 7.89. The zero-order valence-electron chi connectivity index (χ0n) is 19.2. The number of nitrogens with one attached hydrogen (secondary N) is 2. The van der Waals surface area contributed by atoms with Crippen molar-refractivity contribution in [3.63, 3.8) is 0 Å². The van der Waals surface area contributed by atoms with Gasteiger partial charge in [-0.05, 0) is 43.3 Å². The van der Waals surface area contributed by atoms with Crippen molar-refractivity contribution in [3.8, 4) is 17.1 Å². The molecular weight excluding hydrogens is 468 g/mol. The number of rotatable bonds is 8. The molecule has 1 heterocycles. The summed E-state index contributed by atoms with van der Waals surface area (Å²) < 4.78 is 38.4. The van der Waals surface area contributed by atoms with Crippen LogP contribution in [0.4, 0.5) is 0 Å². The Hall–Kier alpha value is -3.95. The lowest BCUT2D eigenvalue weighted by atomic mass is 10.0. The average Bonchev–Trinajstić information content (AvgIpc) is 2.88. The molecule has 0 aliphatic rings. The highest BCUT2D eigenvalue weighted by Gasteiger charge is 2.19. The van der Waals surface area contributed by atoms with E-state index >= 15 is 0 Å². The normalized spacial score (nSPS) is 11.4. The van der Waals surface area contributed by atoms with E-state index < -0.39 is 15.9 Å². The zero-order valence-corrected chi connectivity index (χ0v) is 20.0. The molecule has 180 valence electrons. The van der Waals surface area contributed by atoms with E-state index in [1.165, 1.54) is 19.2 Å². The molecule has 0 spiro atoms. The third kappa shape index (κ3) is 5.11. The van der Waals surface area contributed by atoms with Crippen molar-refractivity contribution in [2.45, 2.75) is 11.8 Å². The van der Waals surface area contributed by atoms with Gasteiger partial charge in [0, 0.05) is 24.2 Å². The van der Waals surface area contributed by atoms with Gasteiger partial charge in [0.25, 0.3) is 5.91 Å². The Morgan fingerprint density at radius 2 is 1.66 bits per heavy atom. The van der Waals surface area contributed by atoms with E-state index in [1.54, 1.807) is 37.3 Å². The van der Waals surface area contributed by atoms with E-state index in [2.05, 4.69) is 10.0 Å². The summed E-state index contributed by atoms with van der Waals surface area (Å²) in [6.07, 6.45) is 0. The molecule has 2 N–H and O–H groups in total. The number of hydrogen-bond acceptors (Lipinski definition) is 6. The summed E-state index contributed by atoms with van der Waals surface area (Å²) in [7, 11) is -2.25. The maximum atomic E-state index is 13.0. The van der Waals surface area contributed by atoms with E-state index in [0.29, 0.717) is 22.5 Å². The molecule has 0 unspecified atom stereocenters. The van der Waals surface area contributed by atoms with Crippen LogP contribution in [-0.2, 0) is 10.0 Å². The second-order valence-corrected chi connectivity index (χ2v) is 9.53. The summed E-state index contributed by atoms with van der Waals surface area (Å²) in [6.45, 7) is 1.70. The average molecular weight is 493 g/mol. The van der Waals surface area contributed by atoms with Crippen LogP contribution in [0.1, 0.15) is 15.9 Å². The first-order valence-electron chi connectivity index (χ1n) is 10.9. The lowest BCUT2D eigenvalue weighted by Gasteiger charge is -2.11. The Morgan fingerprint density at radius 1 is 0.943 bits per heavy atom. The SMILES string of the molecule is COc1ccc(S(=O)(=O)NCCNC(=O)c2cccc3c(=O)c(C)c(-c4ccccc4)oc23)cc1. The minimum Gasteiger partial charge on any atom is -0.497 e. The van der Waals surface area contributed by atoms with Crippen LogP contribution in [0.3, 0.4) is 0 Å². The van der Waals surface area contributed by atoms with Crippen molar-refractivity contribution < 1.29 is 22.4 Å². The molecule has 0 aliphatic heterocycles. The highest BCUT2D eigenvalue weighted by Crippen LogP contribution is 2.27. The Balaban J connectivity index is 1.51. The van der Waals surface area contributed by atoms with Crippen LogP contribution in [0.5, 0.6) is 5.75 Å². The molecule has 0 fully saturated rings. The summed E-state index contributed by atoms with van der Waals surface area (Å²) in [4.78, 5) is 26.0. The van der Waals surface area contributed by atoms with Crippen LogP contribution in [0.15, 0.2) is 86.9 Å². The van der Waals surface area contributed by atoms with Crippen LogP contribution in [-0.4, -0.2) is 34.5 Å². The molecule has 9 heteroatoms. The monoisotopic (exact) mass is 492 g/mol. The van der Waals surface area contributed by atoms with Gasteiger partial charge in [-0.25, -0.2) is 13.1 Å². The Labute approximate surface area is 202 Å². The smallest absolute Gasteiger partial charge is 0.255 e. The standard InChI is InChI=1S/C26H24N2O6S/c1-17-23(29)21-9-6-10-22(25(21)34-24(17)18-7-4-3-5-8-18)26(30)27-15-16-28-35(31,32)20-13-11-19(33-2)12-14-20/h3-14,28H,15-16H2,1-2H3,(H,27,30). The van der Waals surface area contributed by atoms with Crippen molar-refractivity contribution in [3.05, 3.63) is 94.1 Å². The van der Waals surface area contributed by atoms with Gasteiger partial charge in [-0.2, -0.15) is 0 Å². The van der Waals surface area contributed by atoms with Gasteiger partial charge < -0.3 is 14.5 Å². The lowest BCUT2D eigenvalue weighted by Crippen LogP contribution is -2.34. The zero-order chi connectivity index (χ0) is 25.0. The molecule has 0 atom stereocenters. The van der Waals surface area contributed by atoms with Gasteiger partial charge in [0.2, 0.25) is 10.0 Å². The molecule has 8 nitrogen and oxygen atoms in total. The topological polar surface area (TPSA) is 115 Å². The maximum absolute atomic E-state index is 13.0. The molecule has 0 saturated carbocycles. The van der Waals surface area contributed by atoms with Gasteiger partial charge in [0.05, 0.1) is 23.0 Å². The Morgan fingerprint density at radius 3 is 2.34 bits per heavy atom. The third-order valence-corrected chi connectivity index (χ3v) is 6.97. The number of ether oxygens (including phenoxy) is 1. The molecule has 0 radical (unpaired) electrons. The summed E-state index contributed by atoms with van der Waals surface area (Å²) in [5.74, 6) is 0.462. The molecule has 3 aromatic carbocycles. The first-order valence-corrected chi connectivity index (χ1v) is 12.3. The Kier molecular flexibility index (Phi) is 6.99. The van der Waals surface area contributed by atoms with E-state index in [4.69, 9.17) is 9.15 Å². The van der Waals surface area contributed by atoms with Crippen molar-refractivity contribution in [2.75, 3.05) is 20.2 Å². The van der Waals surface area contributed by atoms with Crippen molar-refractivity contribution in [1.29, 1.82) is 0 Å². The number of hydrogen-bond donors (Lipinski definition) is 2. The summed E-state index contributed by atoms with van der Waals surface area (Å²) in [5, 5.41) is 2.98. The van der Waals surface area contributed by atoms with Crippen LogP contribution >= 0.6 is 0 Å². The predicted octanol–water partition coefficient (Wildman–Crippen LogP) is 3.49. The lowest BCUT2D eigenvalue weighted by molar-refractivity contribution is 0.0955. The summed E-state index contributed by atoms with van der Waals surface area (Å²) in [5.41, 5.74) is 1.33. The number of carbonyl (C=O) groups is 1. The van der Waals surface area contributed by atoms with Crippen LogP contribution in [0, 0.1) is 6.92 Å². The maximum Gasteiger partial charge on any atom is 0.255 e. The second kappa shape index (κ2) is 10.1. The van der Waals surface area contributed by atoms with E-state index in [0.717, 1.165) is 5.56 Å². The van der Waals surface area contributed by atoms with E-state index in [-0.39, 0.29) is 34.6 Å². The van der Waals surface area contributed by atoms with Crippen molar-refractivity contribution >= 4 is 26.9 Å². The van der Waals surface area contributed by atoms with Gasteiger partial charge in [-0.1, -0.05) is 36.4 Å². The molecule has 0 saturated heterocycles. The third-order valence-electron chi connectivity index (χ3n) is 5.50. The fourth-order valence-corrected chi connectivity index (χ4v) is 4.68. The van der Waals surface area contributed by atoms with Crippen molar-refractivity contribution in [2.24, 2.45) is 0 Å². The number of para-hydroxylation sites is 1. The fourth-order valence-electron chi connectivity index (χ4n) is 3.65. The van der Waals surface area contributed by atoms with E-state index in [1.807, 2.05) is 30.3 Å². The summed E-state index contributed by atoms with van der Waals surface area (Å²) in [6, 6.07) is 20.0. The molecule has 0 aliphatic carbocycles. The van der Waals surface area contributed by atoms with Crippen molar-refractivity contribution in [1.82, 2.24) is 10.0 Å².